The molecule has 0 aliphatic carbocycles. The van der Waals surface area contributed by atoms with Crippen LogP contribution < -0.4 is 21.9 Å². The summed E-state index contributed by atoms with van der Waals surface area (Å²) in [7, 11) is 0. The van der Waals surface area contributed by atoms with E-state index in [0.29, 0.717) is 49.4 Å². The molecule has 1 fully saturated rings. The first kappa shape index (κ1) is 22.7. The van der Waals surface area contributed by atoms with Gasteiger partial charge in [-0.05, 0) is 36.2 Å². The lowest BCUT2D eigenvalue weighted by molar-refractivity contribution is 0.0996. The number of rotatable bonds is 6. The highest BCUT2D eigenvalue weighted by molar-refractivity contribution is 5.95. The maximum Gasteiger partial charge on any atom is 0.251 e. The molecule has 3 aromatic rings. The van der Waals surface area contributed by atoms with Crippen molar-refractivity contribution < 1.29 is 14.3 Å². The number of nitrogens with zero attached hydrogens (tertiary/aromatic N) is 3. The number of carbonyl (C=O) groups is 1. The van der Waals surface area contributed by atoms with E-state index in [-0.39, 0.29) is 29.5 Å². The van der Waals surface area contributed by atoms with Gasteiger partial charge in [0.25, 0.3) is 11.5 Å². The summed E-state index contributed by atoms with van der Waals surface area (Å²) < 4.78 is 14.5. The molecule has 1 aliphatic heterocycles. The topological polar surface area (TPSA) is 142 Å². The lowest BCUT2D eigenvalue weighted by atomic mass is 10.1. The van der Waals surface area contributed by atoms with Gasteiger partial charge >= 0.3 is 0 Å². The van der Waals surface area contributed by atoms with E-state index >= 15 is 0 Å². The van der Waals surface area contributed by atoms with E-state index in [1.54, 1.807) is 18.3 Å². The maximum atomic E-state index is 14.5. The van der Waals surface area contributed by atoms with Crippen LogP contribution in [0.5, 0.6) is 0 Å². The molecule has 1 aliphatic rings. The lowest BCUT2D eigenvalue weighted by Crippen LogP contribution is -2.54. The van der Waals surface area contributed by atoms with Crippen LogP contribution in [-0.4, -0.2) is 58.2 Å². The Morgan fingerprint density at radius 1 is 1.33 bits per heavy atom. The Bertz CT molecular complexity index is 1260. The molecule has 174 valence electrons. The van der Waals surface area contributed by atoms with Crippen molar-refractivity contribution >= 4 is 28.3 Å². The van der Waals surface area contributed by atoms with Crippen LogP contribution in [0.15, 0.2) is 35.3 Å². The summed E-state index contributed by atoms with van der Waals surface area (Å²) in [5.41, 5.74) is 14.1. The average Bonchev–Trinajstić information content (AvgIpc) is 2.80. The van der Waals surface area contributed by atoms with Crippen molar-refractivity contribution in [2.75, 3.05) is 36.9 Å². The van der Waals surface area contributed by atoms with E-state index in [9.17, 15) is 19.1 Å². The monoisotopic (exact) mass is 454 g/mol. The highest BCUT2D eigenvalue weighted by Gasteiger charge is 2.29. The van der Waals surface area contributed by atoms with Crippen LogP contribution in [0, 0.1) is 5.82 Å². The number of aliphatic hydroxyl groups is 1. The molecule has 1 aromatic carbocycles. The highest BCUT2D eigenvalue weighted by Crippen LogP contribution is 2.30. The number of aliphatic hydroxyl groups excluding tert-OH is 1. The Morgan fingerprint density at radius 2 is 2.12 bits per heavy atom. The quantitative estimate of drug-likeness (QED) is 0.407. The van der Waals surface area contributed by atoms with Gasteiger partial charge in [0.15, 0.2) is 5.82 Å². The molecule has 2 aromatic heterocycles. The number of H-pyrrole nitrogens is 1. The van der Waals surface area contributed by atoms with Crippen molar-refractivity contribution in [2.24, 2.45) is 5.73 Å². The van der Waals surface area contributed by atoms with Gasteiger partial charge in [-0.2, -0.15) is 0 Å². The van der Waals surface area contributed by atoms with E-state index in [1.165, 1.54) is 6.07 Å². The Morgan fingerprint density at radius 3 is 2.82 bits per heavy atom. The van der Waals surface area contributed by atoms with E-state index in [4.69, 9.17) is 11.5 Å². The number of pyridine rings is 2. The molecule has 4 rings (SSSR count). The summed E-state index contributed by atoms with van der Waals surface area (Å²) in [5.74, 6) is -1.70. The number of primary amides is 1. The van der Waals surface area contributed by atoms with Crippen molar-refractivity contribution in [1.82, 2.24) is 14.9 Å². The molecular formula is C23H27FN6O3. The number of amides is 1. The number of hydrogen-bond acceptors (Lipinski definition) is 7. The van der Waals surface area contributed by atoms with Gasteiger partial charge in [0.1, 0.15) is 0 Å². The first-order valence-electron chi connectivity index (χ1n) is 10.8. The van der Waals surface area contributed by atoms with Crippen LogP contribution in [0.2, 0.25) is 0 Å². The molecule has 1 amide bonds. The van der Waals surface area contributed by atoms with E-state index in [0.717, 1.165) is 11.1 Å². The molecule has 0 radical (unpaired) electrons. The minimum atomic E-state index is -0.875. The minimum Gasteiger partial charge on any atom is -0.395 e. The Kier molecular flexibility index (Phi) is 6.30. The summed E-state index contributed by atoms with van der Waals surface area (Å²) in [5, 5.41) is 10.0. The van der Waals surface area contributed by atoms with Gasteiger partial charge in [-0.1, -0.05) is 6.92 Å². The van der Waals surface area contributed by atoms with E-state index in [1.807, 2.05) is 17.9 Å². The van der Waals surface area contributed by atoms with E-state index < -0.39 is 11.7 Å². The second kappa shape index (κ2) is 9.16. The number of nitrogens with two attached hydrogens (primary N) is 2. The Balaban J connectivity index is 1.52. The van der Waals surface area contributed by atoms with Crippen molar-refractivity contribution in [3.05, 3.63) is 63.3 Å². The van der Waals surface area contributed by atoms with Crippen LogP contribution in [0.4, 0.5) is 15.8 Å². The van der Waals surface area contributed by atoms with Gasteiger partial charge < -0.3 is 26.5 Å². The number of aromatic amines is 1. The van der Waals surface area contributed by atoms with Gasteiger partial charge in [-0.3, -0.25) is 19.5 Å². The van der Waals surface area contributed by atoms with Crippen LogP contribution in [0.1, 0.15) is 28.4 Å². The van der Waals surface area contributed by atoms with E-state index in [2.05, 4.69) is 14.9 Å². The van der Waals surface area contributed by atoms with Crippen molar-refractivity contribution in [3.8, 4) is 0 Å². The fraction of sp³-hybridized carbons (Fsp3) is 0.348. The van der Waals surface area contributed by atoms with Gasteiger partial charge in [0.05, 0.1) is 40.6 Å². The predicted octanol–water partition coefficient (Wildman–Crippen LogP) is 0.989. The fourth-order valence-corrected chi connectivity index (χ4v) is 4.29. The summed E-state index contributed by atoms with van der Waals surface area (Å²) in [6.45, 7) is 3.92. The number of anilines is 2. The molecule has 0 unspecified atom stereocenters. The molecular weight excluding hydrogens is 427 g/mol. The number of nitrogens with one attached hydrogen (secondary N) is 1. The van der Waals surface area contributed by atoms with Crippen LogP contribution in [0.3, 0.4) is 0 Å². The Hall–Kier alpha value is -3.50. The maximum absolute atomic E-state index is 14.5. The molecule has 0 spiro atoms. The van der Waals surface area contributed by atoms with Gasteiger partial charge in [0, 0.05) is 37.9 Å². The van der Waals surface area contributed by atoms with Crippen molar-refractivity contribution in [1.29, 1.82) is 0 Å². The largest absolute Gasteiger partial charge is 0.395 e. The number of nitrogen functional groups attached to an aromatic ring is 1. The molecule has 0 bridgehead atoms. The van der Waals surface area contributed by atoms with Crippen LogP contribution in [-0.2, 0) is 13.0 Å². The molecule has 1 saturated heterocycles. The lowest BCUT2D eigenvalue weighted by Gasteiger charge is -2.42. The summed E-state index contributed by atoms with van der Waals surface area (Å²) in [6, 6.07) is 6.39. The zero-order valence-electron chi connectivity index (χ0n) is 18.3. The van der Waals surface area contributed by atoms with Crippen molar-refractivity contribution in [3.63, 3.8) is 0 Å². The molecule has 9 nitrogen and oxygen atoms in total. The number of fused-ring (bicyclic) bond motifs is 1. The first-order chi connectivity index (χ1) is 15.8. The molecule has 0 saturated carbocycles. The number of hydrogen-bond donors (Lipinski definition) is 4. The van der Waals surface area contributed by atoms with Gasteiger partial charge in [0.2, 0.25) is 0 Å². The smallest absolute Gasteiger partial charge is 0.251 e. The van der Waals surface area contributed by atoms with Gasteiger partial charge in [-0.15, -0.1) is 0 Å². The van der Waals surface area contributed by atoms with Gasteiger partial charge in [-0.25, -0.2) is 4.39 Å². The second-order valence-corrected chi connectivity index (χ2v) is 8.23. The molecule has 1 atom stereocenters. The molecule has 33 heavy (non-hydrogen) atoms. The molecule has 6 N–H and O–H groups in total. The number of aryl methyl sites for hydroxylation is 1. The standard InChI is InChI=1S/C23H27FN6O3/c1-2-14-8-17-18(28-23(14)33)7-13(9-27-17)10-29-5-6-30(11-15(29)12-31)19-4-3-16(22(26)32)20(24)21(19)25/h3-4,7-9,15,31H,2,5-6,10-12,25H2,1H3,(H2,26,32)(H,28,33)/t15-/m1/s1. The predicted molar refractivity (Wildman–Crippen MR) is 125 cm³/mol. The second-order valence-electron chi connectivity index (χ2n) is 8.23. The normalized spacial score (nSPS) is 16.9. The number of aromatic nitrogens is 2. The fourth-order valence-electron chi connectivity index (χ4n) is 4.29. The summed E-state index contributed by atoms with van der Waals surface area (Å²) >= 11 is 0. The first-order valence-corrected chi connectivity index (χ1v) is 10.8. The minimum absolute atomic E-state index is 0.101. The third kappa shape index (κ3) is 4.39. The summed E-state index contributed by atoms with van der Waals surface area (Å²) in [4.78, 5) is 34.9. The average molecular weight is 455 g/mol. The SMILES string of the molecule is CCc1cc2ncc(CN3CCN(c4ccc(C(N)=O)c(F)c4N)C[C@@H]3CO)cc2[nH]c1=O. The van der Waals surface area contributed by atoms with Crippen LogP contribution in [0.25, 0.3) is 11.0 Å². The third-order valence-electron chi connectivity index (χ3n) is 6.17. The molecule has 10 heteroatoms. The van der Waals surface area contributed by atoms with Crippen molar-refractivity contribution in [2.45, 2.75) is 25.9 Å². The molecule has 3 heterocycles. The number of piperazine rings is 1. The number of carbonyl (C=O) groups excluding carboxylic acids is 1. The zero-order valence-corrected chi connectivity index (χ0v) is 18.3. The number of benzene rings is 1. The third-order valence-corrected chi connectivity index (χ3v) is 6.17. The number of halogens is 1. The van der Waals surface area contributed by atoms with Crippen LogP contribution >= 0.6 is 0 Å². The summed E-state index contributed by atoms with van der Waals surface area (Å²) in [6.07, 6.45) is 2.41. The highest BCUT2D eigenvalue weighted by atomic mass is 19.1. The zero-order chi connectivity index (χ0) is 23.7. The Labute approximate surface area is 189 Å².